The van der Waals surface area contributed by atoms with Crippen LogP contribution in [0.3, 0.4) is 0 Å². The number of hydrogen-bond donors (Lipinski definition) is 1. The van der Waals surface area contributed by atoms with E-state index in [1.165, 1.54) is 0 Å². The molecule has 0 bridgehead atoms. The summed E-state index contributed by atoms with van der Waals surface area (Å²) in [7, 11) is 0. The third kappa shape index (κ3) is 4.91. The summed E-state index contributed by atoms with van der Waals surface area (Å²) in [6.45, 7) is 1.78. The molecule has 0 aromatic carbocycles. The molecule has 0 rings (SSSR count). The lowest BCUT2D eigenvalue weighted by molar-refractivity contribution is -0.431. The van der Waals surface area contributed by atoms with Crippen molar-refractivity contribution in [3.8, 4) is 0 Å². The summed E-state index contributed by atoms with van der Waals surface area (Å²) in [5, 5.41) is 8.27. The zero-order valence-corrected chi connectivity index (χ0v) is 14.6. The molecule has 0 fully saturated rings. The van der Waals surface area contributed by atoms with E-state index >= 15 is 0 Å². The zero-order chi connectivity index (χ0) is 23.9. The van der Waals surface area contributed by atoms with Gasteiger partial charge in [0.05, 0.1) is 0 Å². The SMILES string of the molecule is CC(C)(C)C(OC(=O)/C=C/C(=O)O)C(F)(F)C(F)(F)C(F)(F)C(F)(F)C(F)(F)F. The Hall–Kier alpha value is -2.09. The molecule has 4 nitrogen and oxygen atoms in total. The largest absolute Gasteiger partial charge is 0.478 e. The molecule has 15 heteroatoms. The van der Waals surface area contributed by atoms with E-state index in [1.807, 2.05) is 0 Å². The smallest absolute Gasteiger partial charge is 0.460 e. The van der Waals surface area contributed by atoms with Gasteiger partial charge >= 0.3 is 41.8 Å². The third-order valence-electron chi connectivity index (χ3n) is 3.28. The van der Waals surface area contributed by atoms with E-state index < -0.39 is 53.3 Å². The fourth-order valence-electron chi connectivity index (χ4n) is 1.84. The first-order valence-electron chi connectivity index (χ1n) is 7.14. The zero-order valence-electron chi connectivity index (χ0n) is 14.6. The van der Waals surface area contributed by atoms with E-state index in [9.17, 15) is 57.9 Å². The number of carbonyl (C=O) groups is 2. The Morgan fingerprint density at radius 1 is 0.759 bits per heavy atom. The highest BCUT2D eigenvalue weighted by atomic mass is 19.4. The van der Waals surface area contributed by atoms with Gasteiger partial charge in [-0.15, -0.1) is 0 Å². The van der Waals surface area contributed by atoms with Gasteiger partial charge in [-0.3, -0.25) is 0 Å². The summed E-state index contributed by atoms with van der Waals surface area (Å²) in [5.74, 6) is -33.0. The van der Waals surface area contributed by atoms with Crippen LogP contribution in [0.1, 0.15) is 20.8 Å². The molecular formula is C14H13F11O4. The van der Waals surface area contributed by atoms with Gasteiger partial charge in [0.2, 0.25) is 0 Å². The van der Waals surface area contributed by atoms with E-state index in [2.05, 4.69) is 4.74 Å². The van der Waals surface area contributed by atoms with Crippen LogP contribution in [0.2, 0.25) is 0 Å². The van der Waals surface area contributed by atoms with Gasteiger partial charge in [0, 0.05) is 17.6 Å². The molecule has 0 saturated heterocycles. The van der Waals surface area contributed by atoms with Crippen molar-refractivity contribution in [1.29, 1.82) is 0 Å². The lowest BCUT2D eigenvalue weighted by Gasteiger charge is -2.43. The highest BCUT2D eigenvalue weighted by Gasteiger charge is 2.88. The number of alkyl halides is 11. The molecule has 0 aliphatic carbocycles. The number of rotatable bonds is 7. The molecule has 0 aromatic heterocycles. The maximum atomic E-state index is 14.2. The van der Waals surface area contributed by atoms with Crippen molar-refractivity contribution < 1.29 is 67.7 Å². The van der Waals surface area contributed by atoms with Gasteiger partial charge in [0.25, 0.3) is 0 Å². The first-order valence-corrected chi connectivity index (χ1v) is 7.14. The van der Waals surface area contributed by atoms with Crippen molar-refractivity contribution in [2.45, 2.75) is 56.7 Å². The van der Waals surface area contributed by atoms with Crippen molar-refractivity contribution in [3.63, 3.8) is 0 Å². The van der Waals surface area contributed by atoms with Crippen LogP contribution in [0.25, 0.3) is 0 Å². The molecular weight excluding hydrogens is 441 g/mol. The third-order valence-corrected chi connectivity index (χ3v) is 3.28. The summed E-state index contributed by atoms with van der Waals surface area (Å²) in [4.78, 5) is 21.5. The Kier molecular flexibility index (Phi) is 7.08. The van der Waals surface area contributed by atoms with Gasteiger partial charge in [-0.05, 0) is 0 Å². The van der Waals surface area contributed by atoms with Crippen molar-refractivity contribution in [1.82, 2.24) is 0 Å². The lowest BCUT2D eigenvalue weighted by Crippen LogP contribution is -2.70. The highest BCUT2D eigenvalue weighted by Crippen LogP contribution is 2.59. The number of esters is 1. The molecule has 1 atom stereocenters. The van der Waals surface area contributed by atoms with Crippen LogP contribution in [-0.2, 0) is 14.3 Å². The topological polar surface area (TPSA) is 63.6 Å². The van der Waals surface area contributed by atoms with Crippen LogP contribution in [0.15, 0.2) is 12.2 Å². The minimum absolute atomic E-state index is 0.0231. The fraction of sp³-hybridized carbons (Fsp3) is 0.714. The number of ether oxygens (including phenoxy) is 1. The maximum absolute atomic E-state index is 14.2. The van der Waals surface area contributed by atoms with Crippen molar-refractivity contribution in [3.05, 3.63) is 12.2 Å². The molecule has 0 saturated carbocycles. The standard InChI is InChI=1S/C14H13F11O4/c1-9(2,3)8(29-7(28)5-4-6(26)27)10(15,16)11(17,18)12(19,20)13(21,22)14(23,24)25/h4-5,8H,1-3H3,(H,26,27)/b5-4+. The lowest BCUT2D eigenvalue weighted by atomic mass is 9.80. The predicted molar refractivity (Wildman–Crippen MR) is 72.0 cm³/mol. The quantitative estimate of drug-likeness (QED) is 0.345. The summed E-state index contributed by atoms with van der Waals surface area (Å²) < 4.78 is 149. The van der Waals surface area contributed by atoms with Crippen molar-refractivity contribution >= 4 is 11.9 Å². The van der Waals surface area contributed by atoms with Crippen molar-refractivity contribution in [2.24, 2.45) is 5.41 Å². The van der Waals surface area contributed by atoms with Gasteiger partial charge < -0.3 is 9.84 Å². The van der Waals surface area contributed by atoms with Gasteiger partial charge in [-0.2, -0.15) is 48.3 Å². The number of carboxylic acids is 1. The predicted octanol–water partition coefficient (Wildman–Crippen LogP) is 4.69. The molecule has 0 radical (unpaired) electrons. The second kappa shape index (κ2) is 7.63. The molecule has 1 unspecified atom stereocenters. The second-order valence-corrected chi connectivity index (χ2v) is 6.70. The monoisotopic (exact) mass is 454 g/mol. The normalized spacial score (nSPS) is 16.1. The number of carboxylic acid groups (broad SMARTS) is 1. The van der Waals surface area contributed by atoms with E-state index in [1.54, 1.807) is 0 Å². The Labute approximate surface area is 155 Å². The molecule has 0 aliphatic heterocycles. The van der Waals surface area contributed by atoms with Gasteiger partial charge in [-0.25, -0.2) is 9.59 Å². The minimum atomic E-state index is -7.66. The van der Waals surface area contributed by atoms with Gasteiger partial charge in [-0.1, -0.05) is 20.8 Å². The average Bonchev–Trinajstić information content (AvgIpc) is 2.47. The number of aliphatic carboxylic acids is 1. The molecule has 0 aromatic rings. The van der Waals surface area contributed by atoms with Crippen molar-refractivity contribution in [2.75, 3.05) is 0 Å². The average molecular weight is 454 g/mol. The minimum Gasteiger partial charge on any atom is -0.478 e. The molecule has 29 heavy (non-hydrogen) atoms. The van der Waals surface area contributed by atoms with Crippen LogP contribution < -0.4 is 0 Å². The van der Waals surface area contributed by atoms with E-state index in [4.69, 9.17) is 5.11 Å². The molecule has 0 heterocycles. The number of carbonyl (C=O) groups excluding carboxylic acids is 1. The first kappa shape index (κ1) is 26.9. The first-order chi connectivity index (χ1) is 12.4. The van der Waals surface area contributed by atoms with Crippen LogP contribution in [0.4, 0.5) is 48.3 Å². The second-order valence-electron chi connectivity index (χ2n) is 6.70. The highest BCUT2D eigenvalue weighted by molar-refractivity contribution is 5.90. The maximum Gasteiger partial charge on any atom is 0.460 e. The Bertz CT molecular complexity index is 659. The molecule has 170 valence electrons. The van der Waals surface area contributed by atoms with Gasteiger partial charge in [0.1, 0.15) is 0 Å². The Morgan fingerprint density at radius 2 is 1.17 bits per heavy atom. The van der Waals surface area contributed by atoms with Crippen LogP contribution in [0, 0.1) is 5.41 Å². The Balaban J connectivity index is 6.39. The molecule has 1 N–H and O–H groups in total. The molecule has 0 aliphatic rings. The van der Waals surface area contributed by atoms with E-state index in [-0.39, 0.29) is 12.2 Å². The van der Waals surface area contributed by atoms with Crippen LogP contribution >= 0.6 is 0 Å². The summed E-state index contributed by atoms with van der Waals surface area (Å²) in [6, 6.07) is 0. The van der Waals surface area contributed by atoms with E-state index in [0.29, 0.717) is 20.8 Å². The number of hydrogen-bond acceptors (Lipinski definition) is 3. The van der Waals surface area contributed by atoms with Crippen LogP contribution in [-0.4, -0.2) is 53.0 Å². The van der Waals surface area contributed by atoms with E-state index in [0.717, 1.165) is 0 Å². The fourth-order valence-corrected chi connectivity index (χ4v) is 1.84. The molecule has 0 amide bonds. The molecule has 0 spiro atoms. The Morgan fingerprint density at radius 3 is 1.48 bits per heavy atom. The van der Waals surface area contributed by atoms with Crippen LogP contribution in [0.5, 0.6) is 0 Å². The summed E-state index contributed by atoms with van der Waals surface area (Å²) in [5.41, 5.74) is -2.41. The van der Waals surface area contributed by atoms with Gasteiger partial charge in [0.15, 0.2) is 6.10 Å². The summed E-state index contributed by atoms with van der Waals surface area (Å²) in [6.07, 6.45) is -11.1. The summed E-state index contributed by atoms with van der Waals surface area (Å²) >= 11 is 0. The number of halogens is 11.